The van der Waals surface area contributed by atoms with Crippen LogP contribution in [0.1, 0.15) is 56.0 Å². The number of para-hydroxylation sites is 1. The molecule has 0 aliphatic carbocycles. The Morgan fingerprint density at radius 2 is 1.74 bits per heavy atom. The Balaban J connectivity index is 1.94. The first-order chi connectivity index (χ1) is 16.3. The van der Waals surface area contributed by atoms with Crippen LogP contribution in [0.5, 0.6) is 5.75 Å². The van der Waals surface area contributed by atoms with E-state index in [1.807, 2.05) is 54.6 Å². The molecule has 0 radical (unpaired) electrons. The number of rotatable bonds is 7. The number of hydroxylamine groups is 1. The van der Waals surface area contributed by atoms with Gasteiger partial charge in [-0.05, 0) is 47.7 Å². The molecule has 1 aliphatic heterocycles. The van der Waals surface area contributed by atoms with Crippen LogP contribution in [0, 0.1) is 10.1 Å². The minimum absolute atomic E-state index is 0.107. The molecule has 4 rings (SSSR count). The zero-order valence-corrected chi connectivity index (χ0v) is 20.5. The summed E-state index contributed by atoms with van der Waals surface area (Å²) >= 11 is 6.48. The maximum atomic E-state index is 12.6. The van der Waals surface area contributed by atoms with Crippen molar-refractivity contribution in [3.63, 3.8) is 0 Å². The SMILES string of the molecule is CCC(C)(C)c1ccc(OC)c([C@@H]2[C@@H]([N+](=O)[O-])[C@H](c3ccccc3Cl)ON2c2ccccc2)c1. The van der Waals surface area contributed by atoms with E-state index in [2.05, 4.69) is 20.8 Å². The summed E-state index contributed by atoms with van der Waals surface area (Å²) in [5.74, 6) is 0.580. The first-order valence-corrected chi connectivity index (χ1v) is 11.7. The molecule has 0 unspecified atom stereocenters. The highest BCUT2D eigenvalue weighted by Crippen LogP contribution is 2.49. The number of methoxy groups -OCH3 is 1. The quantitative estimate of drug-likeness (QED) is 0.271. The molecule has 0 spiro atoms. The summed E-state index contributed by atoms with van der Waals surface area (Å²) < 4.78 is 5.71. The molecule has 3 aromatic rings. The van der Waals surface area contributed by atoms with Gasteiger partial charge in [-0.15, -0.1) is 0 Å². The summed E-state index contributed by atoms with van der Waals surface area (Å²) in [4.78, 5) is 18.7. The van der Waals surface area contributed by atoms with E-state index in [4.69, 9.17) is 21.2 Å². The second kappa shape index (κ2) is 9.65. The topological polar surface area (TPSA) is 64.8 Å². The fraction of sp³-hybridized carbons (Fsp3) is 0.333. The van der Waals surface area contributed by atoms with E-state index in [0.717, 1.165) is 17.7 Å². The van der Waals surface area contributed by atoms with Crippen molar-refractivity contribution in [1.82, 2.24) is 0 Å². The van der Waals surface area contributed by atoms with Crippen molar-refractivity contribution in [3.05, 3.63) is 105 Å². The summed E-state index contributed by atoms with van der Waals surface area (Å²) in [5, 5.41) is 14.7. The molecular weight excluding hydrogens is 452 g/mol. The van der Waals surface area contributed by atoms with Crippen LogP contribution < -0.4 is 9.80 Å². The van der Waals surface area contributed by atoms with Gasteiger partial charge in [0.1, 0.15) is 5.75 Å². The van der Waals surface area contributed by atoms with Gasteiger partial charge in [-0.25, -0.2) is 5.06 Å². The lowest BCUT2D eigenvalue weighted by atomic mass is 9.80. The molecule has 178 valence electrons. The average Bonchev–Trinajstić information content (AvgIpc) is 3.25. The number of anilines is 1. The normalized spacial score (nSPS) is 20.4. The number of hydrogen-bond donors (Lipinski definition) is 0. The number of nitro groups is 1. The minimum atomic E-state index is -1.12. The van der Waals surface area contributed by atoms with E-state index in [1.54, 1.807) is 30.4 Å². The van der Waals surface area contributed by atoms with Crippen molar-refractivity contribution >= 4 is 17.3 Å². The summed E-state index contributed by atoms with van der Waals surface area (Å²) in [6, 6.07) is 20.6. The predicted octanol–water partition coefficient (Wildman–Crippen LogP) is 6.92. The molecule has 0 N–H and O–H groups in total. The zero-order valence-electron chi connectivity index (χ0n) is 19.8. The average molecular weight is 481 g/mol. The number of benzene rings is 3. The van der Waals surface area contributed by atoms with Crippen LogP contribution in [0.2, 0.25) is 5.02 Å². The van der Waals surface area contributed by atoms with Gasteiger partial charge >= 0.3 is 0 Å². The number of halogens is 1. The number of hydrogen-bond acceptors (Lipinski definition) is 5. The van der Waals surface area contributed by atoms with Gasteiger partial charge in [0.25, 0.3) is 6.04 Å². The molecule has 0 bridgehead atoms. The third-order valence-corrected chi connectivity index (χ3v) is 7.14. The Labute approximate surface area is 205 Å². The molecule has 3 atom stereocenters. The van der Waals surface area contributed by atoms with Crippen molar-refractivity contribution in [1.29, 1.82) is 0 Å². The van der Waals surface area contributed by atoms with Crippen molar-refractivity contribution < 1.29 is 14.5 Å². The van der Waals surface area contributed by atoms with Crippen LogP contribution in [-0.4, -0.2) is 18.1 Å². The number of ether oxygens (including phenoxy) is 1. The third kappa shape index (κ3) is 4.36. The van der Waals surface area contributed by atoms with Gasteiger partial charge in [0.2, 0.25) is 0 Å². The lowest BCUT2D eigenvalue weighted by molar-refractivity contribution is -0.531. The molecule has 1 aliphatic rings. The van der Waals surface area contributed by atoms with Crippen LogP contribution in [0.15, 0.2) is 72.8 Å². The smallest absolute Gasteiger partial charge is 0.272 e. The largest absolute Gasteiger partial charge is 0.496 e. The van der Waals surface area contributed by atoms with Gasteiger partial charge in [0.05, 0.1) is 12.8 Å². The van der Waals surface area contributed by atoms with Crippen LogP contribution in [0.4, 0.5) is 5.69 Å². The molecule has 1 fully saturated rings. The van der Waals surface area contributed by atoms with Crippen molar-refractivity contribution in [2.24, 2.45) is 0 Å². The standard InChI is InChI=1S/C27H29ClN2O4/c1-5-27(2,3)18-15-16-23(33-4)21(17-18)24-25(30(31)32)26(20-13-9-10-14-22(20)28)34-29(24)19-11-7-6-8-12-19/h6-17,24-26H,5H2,1-4H3/t24-,25-,26+/m1/s1. The summed E-state index contributed by atoms with van der Waals surface area (Å²) in [6.45, 7) is 6.46. The lowest BCUT2D eigenvalue weighted by Gasteiger charge is -2.29. The molecule has 0 saturated carbocycles. The van der Waals surface area contributed by atoms with E-state index in [-0.39, 0.29) is 10.3 Å². The molecule has 0 amide bonds. The van der Waals surface area contributed by atoms with E-state index >= 15 is 0 Å². The van der Waals surface area contributed by atoms with E-state index < -0.39 is 18.2 Å². The molecule has 0 aromatic heterocycles. The molecule has 3 aromatic carbocycles. The summed E-state index contributed by atoms with van der Waals surface area (Å²) in [7, 11) is 1.58. The maximum absolute atomic E-state index is 12.6. The van der Waals surface area contributed by atoms with Crippen LogP contribution in [-0.2, 0) is 10.3 Å². The van der Waals surface area contributed by atoms with E-state index in [0.29, 0.717) is 21.9 Å². The van der Waals surface area contributed by atoms with Gasteiger partial charge in [-0.1, -0.05) is 74.8 Å². The molecule has 1 heterocycles. The second-order valence-corrected chi connectivity index (χ2v) is 9.53. The van der Waals surface area contributed by atoms with Gasteiger partial charge < -0.3 is 4.74 Å². The monoisotopic (exact) mass is 480 g/mol. The van der Waals surface area contributed by atoms with Crippen molar-refractivity contribution in [2.75, 3.05) is 12.2 Å². The third-order valence-electron chi connectivity index (χ3n) is 6.79. The van der Waals surface area contributed by atoms with Crippen molar-refractivity contribution in [3.8, 4) is 5.75 Å². The highest BCUT2D eigenvalue weighted by Gasteiger charge is 2.54. The minimum Gasteiger partial charge on any atom is -0.496 e. The molecule has 6 nitrogen and oxygen atoms in total. The molecule has 1 saturated heterocycles. The fourth-order valence-electron chi connectivity index (χ4n) is 4.42. The van der Waals surface area contributed by atoms with Gasteiger partial charge in [-0.2, -0.15) is 0 Å². The van der Waals surface area contributed by atoms with Gasteiger partial charge in [-0.3, -0.25) is 15.0 Å². The van der Waals surface area contributed by atoms with Gasteiger partial charge in [0, 0.05) is 21.1 Å². The molecule has 7 heteroatoms. The van der Waals surface area contributed by atoms with Crippen molar-refractivity contribution in [2.45, 2.75) is 50.8 Å². The predicted molar refractivity (Wildman–Crippen MR) is 134 cm³/mol. The summed E-state index contributed by atoms with van der Waals surface area (Å²) in [5.41, 5.74) is 2.99. The Morgan fingerprint density at radius 1 is 1.06 bits per heavy atom. The highest BCUT2D eigenvalue weighted by atomic mass is 35.5. The number of nitrogens with zero attached hydrogens (tertiary/aromatic N) is 2. The lowest BCUT2D eigenvalue weighted by Crippen LogP contribution is -2.33. The Bertz CT molecular complexity index is 1170. The fourth-order valence-corrected chi connectivity index (χ4v) is 4.67. The maximum Gasteiger partial charge on any atom is 0.272 e. The second-order valence-electron chi connectivity index (χ2n) is 9.12. The van der Waals surface area contributed by atoms with Crippen LogP contribution in [0.3, 0.4) is 0 Å². The Morgan fingerprint density at radius 3 is 2.35 bits per heavy atom. The Hall–Kier alpha value is -3.09. The molecular formula is C27H29ClN2O4. The summed E-state index contributed by atoms with van der Waals surface area (Å²) in [6.07, 6.45) is 0.0462. The van der Waals surface area contributed by atoms with Crippen LogP contribution in [0.25, 0.3) is 0 Å². The first-order valence-electron chi connectivity index (χ1n) is 11.4. The highest BCUT2D eigenvalue weighted by molar-refractivity contribution is 6.31. The van der Waals surface area contributed by atoms with E-state index in [1.165, 1.54) is 0 Å². The van der Waals surface area contributed by atoms with E-state index in [9.17, 15) is 10.1 Å². The van der Waals surface area contributed by atoms with Gasteiger partial charge in [0.15, 0.2) is 12.1 Å². The van der Waals surface area contributed by atoms with Crippen LogP contribution >= 0.6 is 11.6 Å². The first kappa shape index (κ1) is 24.0. The zero-order chi connectivity index (χ0) is 24.5. The molecule has 34 heavy (non-hydrogen) atoms. The Kier molecular flexibility index (Phi) is 6.82.